The Morgan fingerprint density at radius 3 is 2.47 bits per heavy atom. The summed E-state index contributed by atoms with van der Waals surface area (Å²) < 4.78 is 26.1. The molecule has 0 amide bonds. The van der Waals surface area contributed by atoms with Gasteiger partial charge in [0.1, 0.15) is 0 Å². The molecule has 84 valence electrons. The first kappa shape index (κ1) is 10.5. The highest BCUT2D eigenvalue weighted by molar-refractivity contribution is 5.17. The second kappa shape index (κ2) is 3.56. The van der Waals surface area contributed by atoms with Gasteiger partial charge in [-0.15, -0.1) is 0 Å². The quantitative estimate of drug-likeness (QED) is 0.790. The van der Waals surface area contributed by atoms with Crippen molar-refractivity contribution in [1.82, 2.24) is 10.2 Å². The number of H-pyrrole nitrogens is 1. The number of alkyl halides is 2. The summed E-state index contributed by atoms with van der Waals surface area (Å²) in [6.07, 6.45) is 2.34. The zero-order valence-corrected chi connectivity index (χ0v) is 8.47. The Morgan fingerprint density at radius 1 is 1.33 bits per heavy atom. The van der Waals surface area contributed by atoms with E-state index in [1.54, 1.807) is 6.20 Å². The Bertz CT molecular complexity index is 311. The second-order valence-corrected chi connectivity index (χ2v) is 4.31. The van der Waals surface area contributed by atoms with Crippen LogP contribution in [0.1, 0.15) is 31.4 Å². The summed E-state index contributed by atoms with van der Waals surface area (Å²) in [6.45, 7) is 0.394. The number of rotatable bonds is 2. The molecule has 0 saturated heterocycles. The molecule has 3 nitrogen and oxygen atoms in total. The number of nitrogens with two attached hydrogens (primary N) is 1. The predicted octanol–water partition coefficient (Wildman–Crippen LogP) is 1.82. The monoisotopic (exact) mass is 215 g/mol. The first-order valence-corrected chi connectivity index (χ1v) is 5.16. The molecule has 0 radical (unpaired) electrons. The van der Waals surface area contributed by atoms with E-state index in [-0.39, 0.29) is 18.3 Å². The molecule has 0 atom stereocenters. The van der Waals surface area contributed by atoms with E-state index in [1.807, 2.05) is 6.07 Å². The number of aromatic amines is 1. The van der Waals surface area contributed by atoms with Crippen molar-refractivity contribution in [3.05, 3.63) is 18.0 Å². The predicted molar refractivity (Wildman–Crippen MR) is 52.7 cm³/mol. The zero-order chi connectivity index (χ0) is 10.9. The van der Waals surface area contributed by atoms with Crippen LogP contribution in [0.4, 0.5) is 8.78 Å². The van der Waals surface area contributed by atoms with Crippen molar-refractivity contribution < 1.29 is 8.78 Å². The Kier molecular flexibility index (Phi) is 2.50. The van der Waals surface area contributed by atoms with E-state index in [2.05, 4.69) is 10.2 Å². The summed E-state index contributed by atoms with van der Waals surface area (Å²) in [7, 11) is 0. The normalized spacial score (nSPS) is 23.9. The van der Waals surface area contributed by atoms with E-state index in [0.717, 1.165) is 5.69 Å². The van der Waals surface area contributed by atoms with Gasteiger partial charge in [-0.25, -0.2) is 8.78 Å². The topological polar surface area (TPSA) is 54.7 Å². The fourth-order valence-electron chi connectivity index (χ4n) is 2.23. The number of nitrogens with one attached hydrogen (secondary N) is 1. The largest absolute Gasteiger partial charge is 0.330 e. The molecule has 3 N–H and O–H groups in total. The van der Waals surface area contributed by atoms with Crippen LogP contribution in [-0.4, -0.2) is 22.7 Å². The van der Waals surface area contributed by atoms with Crippen molar-refractivity contribution in [2.45, 2.75) is 37.0 Å². The van der Waals surface area contributed by atoms with Gasteiger partial charge < -0.3 is 5.73 Å². The lowest BCUT2D eigenvalue weighted by Gasteiger charge is -2.38. The van der Waals surface area contributed by atoms with E-state index in [4.69, 9.17) is 5.73 Å². The minimum absolute atomic E-state index is 0.0801. The summed E-state index contributed by atoms with van der Waals surface area (Å²) in [5.41, 5.74) is 6.29. The summed E-state index contributed by atoms with van der Waals surface area (Å²) in [5.74, 6) is -2.52. The molecule has 1 heterocycles. The standard InChI is InChI=1S/C10H15F2N3/c11-10(12)4-2-9(7-13,3-5-10)8-1-6-14-15-8/h1,6H,2-5,7,13H2,(H,14,15). The summed E-state index contributed by atoms with van der Waals surface area (Å²) >= 11 is 0. The average molecular weight is 215 g/mol. The van der Waals surface area contributed by atoms with Crippen LogP contribution in [0.2, 0.25) is 0 Å². The minimum atomic E-state index is -2.52. The van der Waals surface area contributed by atoms with Crippen molar-refractivity contribution in [2.75, 3.05) is 6.54 Å². The fourth-order valence-corrected chi connectivity index (χ4v) is 2.23. The average Bonchev–Trinajstić information content (AvgIpc) is 2.72. The van der Waals surface area contributed by atoms with Gasteiger partial charge >= 0.3 is 0 Å². The molecule has 0 bridgehead atoms. The lowest BCUT2D eigenvalue weighted by molar-refractivity contribution is -0.0514. The molecule has 2 rings (SSSR count). The molecule has 1 fully saturated rings. The number of aromatic nitrogens is 2. The van der Waals surface area contributed by atoms with E-state index in [1.165, 1.54) is 0 Å². The summed E-state index contributed by atoms with van der Waals surface area (Å²) in [4.78, 5) is 0. The molecule has 1 aromatic rings. The van der Waals surface area contributed by atoms with Gasteiger partial charge in [-0.2, -0.15) is 5.10 Å². The maximum Gasteiger partial charge on any atom is 0.248 e. The first-order chi connectivity index (χ1) is 7.08. The molecule has 1 aromatic heterocycles. The van der Waals surface area contributed by atoms with Crippen molar-refractivity contribution in [1.29, 1.82) is 0 Å². The van der Waals surface area contributed by atoms with Gasteiger partial charge in [-0.05, 0) is 18.9 Å². The second-order valence-electron chi connectivity index (χ2n) is 4.31. The van der Waals surface area contributed by atoms with Gasteiger partial charge in [0.05, 0.1) is 0 Å². The summed E-state index contributed by atoms with van der Waals surface area (Å²) in [6, 6.07) is 1.83. The molecule has 1 aliphatic carbocycles. The van der Waals surface area contributed by atoms with Crippen molar-refractivity contribution in [3.63, 3.8) is 0 Å². The number of hydrogen-bond acceptors (Lipinski definition) is 2. The van der Waals surface area contributed by atoms with Crippen LogP contribution in [0, 0.1) is 0 Å². The maximum atomic E-state index is 13.1. The van der Waals surface area contributed by atoms with Gasteiger partial charge in [0.25, 0.3) is 0 Å². The third-order valence-electron chi connectivity index (χ3n) is 3.40. The molecular weight excluding hydrogens is 200 g/mol. The Hall–Kier alpha value is -0.970. The summed E-state index contributed by atoms with van der Waals surface area (Å²) in [5, 5.41) is 6.71. The highest BCUT2D eigenvalue weighted by atomic mass is 19.3. The molecule has 5 heteroatoms. The van der Waals surface area contributed by atoms with Crippen molar-refractivity contribution >= 4 is 0 Å². The third kappa shape index (κ3) is 1.88. The van der Waals surface area contributed by atoms with Crippen LogP contribution >= 0.6 is 0 Å². The van der Waals surface area contributed by atoms with Crippen LogP contribution in [0.5, 0.6) is 0 Å². The van der Waals surface area contributed by atoms with Gasteiger partial charge in [0.15, 0.2) is 0 Å². The third-order valence-corrected chi connectivity index (χ3v) is 3.40. The van der Waals surface area contributed by atoms with Gasteiger partial charge in [0.2, 0.25) is 5.92 Å². The Morgan fingerprint density at radius 2 is 2.00 bits per heavy atom. The van der Waals surface area contributed by atoms with Crippen LogP contribution in [0.15, 0.2) is 12.3 Å². The molecule has 0 aromatic carbocycles. The Balaban J connectivity index is 2.19. The van der Waals surface area contributed by atoms with Crippen LogP contribution in [0.3, 0.4) is 0 Å². The maximum absolute atomic E-state index is 13.1. The molecule has 0 unspecified atom stereocenters. The molecule has 0 spiro atoms. The smallest absolute Gasteiger partial charge is 0.248 e. The van der Waals surface area contributed by atoms with Crippen molar-refractivity contribution in [3.8, 4) is 0 Å². The molecule has 0 aliphatic heterocycles. The highest BCUT2D eigenvalue weighted by Gasteiger charge is 2.44. The molecular formula is C10H15F2N3. The lowest BCUT2D eigenvalue weighted by Crippen LogP contribution is -2.42. The van der Waals surface area contributed by atoms with Crippen LogP contribution < -0.4 is 5.73 Å². The number of nitrogens with zero attached hydrogens (tertiary/aromatic N) is 1. The van der Waals surface area contributed by atoms with Gasteiger partial charge in [-0.3, -0.25) is 5.10 Å². The highest BCUT2D eigenvalue weighted by Crippen LogP contribution is 2.44. The number of halogens is 2. The van der Waals surface area contributed by atoms with Gasteiger partial charge in [-0.1, -0.05) is 0 Å². The lowest BCUT2D eigenvalue weighted by atomic mass is 9.71. The molecule has 1 aliphatic rings. The van der Waals surface area contributed by atoms with Crippen LogP contribution in [0.25, 0.3) is 0 Å². The zero-order valence-electron chi connectivity index (χ0n) is 8.47. The minimum Gasteiger partial charge on any atom is -0.330 e. The van der Waals surface area contributed by atoms with E-state index < -0.39 is 5.92 Å². The number of hydrogen-bond donors (Lipinski definition) is 2. The fraction of sp³-hybridized carbons (Fsp3) is 0.700. The Labute approximate surface area is 87.0 Å². The van der Waals surface area contributed by atoms with E-state index in [0.29, 0.717) is 19.4 Å². The molecule has 1 saturated carbocycles. The van der Waals surface area contributed by atoms with Gasteiger partial charge in [0, 0.05) is 36.7 Å². The van der Waals surface area contributed by atoms with E-state index in [9.17, 15) is 8.78 Å². The SMILES string of the molecule is NCC1(c2ccn[nH]2)CCC(F)(F)CC1. The van der Waals surface area contributed by atoms with Crippen LogP contribution in [-0.2, 0) is 5.41 Å². The van der Waals surface area contributed by atoms with Crippen molar-refractivity contribution in [2.24, 2.45) is 5.73 Å². The molecule has 15 heavy (non-hydrogen) atoms. The van der Waals surface area contributed by atoms with E-state index >= 15 is 0 Å². The first-order valence-electron chi connectivity index (χ1n) is 5.16.